The van der Waals surface area contributed by atoms with Crippen molar-refractivity contribution < 1.29 is 29.0 Å². The van der Waals surface area contributed by atoms with E-state index in [1.807, 2.05) is 24.3 Å². The highest BCUT2D eigenvalue weighted by Gasteiger charge is 2.75. The van der Waals surface area contributed by atoms with Crippen molar-refractivity contribution in [3.05, 3.63) is 36.9 Å². The standard InChI is InChI=1S/C30H43N3O6/c1-5-18-32(22-14-12-21(13-15-22)31(6-2)7-3)28(36)26-30-17-16-23(39-30)24(29(37)38-8-4)25(30)27(35)33(26)19-10-9-11-20-34/h5,12-15,23-26,34H,1,6-11,16-20H2,2-4H3/t23-,24+,25+,26?,30?/m1/s1. The first-order chi connectivity index (χ1) is 18.9. The second-order valence-electron chi connectivity index (χ2n) is 10.6. The van der Waals surface area contributed by atoms with E-state index in [1.54, 1.807) is 22.8 Å². The SMILES string of the molecule is C=CCN(C(=O)C1N(CCCCCO)C(=O)[C@@H]2[C@@H](C(=O)OCC)[C@H]3CCC12O3)c1ccc(N(CC)CC)cc1. The molecule has 1 N–H and O–H groups in total. The average Bonchev–Trinajstić information content (AvgIpc) is 3.58. The summed E-state index contributed by atoms with van der Waals surface area (Å²) in [7, 11) is 0. The number of aliphatic hydroxyl groups excluding tert-OH is 1. The Bertz CT molecular complexity index is 1040. The number of unbranched alkanes of at least 4 members (excludes halogenated alkanes) is 2. The Morgan fingerprint density at radius 2 is 1.85 bits per heavy atom. The van der Waals surface area contributed by atoms with Gasteiger partial charge in [-0.1, -0.05) is 6.08 Å². The fourth-order valence-electron chi connectivity index (χ4n) is 6.78. The summed E-state index contributed by atoms with van der Waals surface area (Å²) in [6, 6.07) is 7.03. The number of esters is 1. The van der Waals surface area contributed by atoms with Crippen molar-refractivity contribution in [1.82, 2.24) is 4.90 Å². The van der Waals surface area contributed by atoms with Crippen LogP contribution in [0.4, 0.5) is 11.4 Å². The van der Waals surface area contributed by atoms with Crippen molar-refractivity contribution in [3.63, 3.8) is 0 Å². The number of fused-ring (bicyclic) bond motifs is 1. The fourth-order valence-corrected chi connectivity index (χ4v) is 6.78. The van der Waals surface area contributed by atoms with Crippen molar-refractivity contribution in [3.8, 4) is 0 Å². The highest BCUT2D eigenvalue weighted by molar-refractivity contribution is 6.04. The zero-order valence-corrected chi connectivity index (χ0v) is 23.5. The van der Waals surface area contributed by atoms with E-state index in [0.717, 1.165) is 30.9 Å². The van der Waals surface area contributed by atoms with Crippen LogP contribution < -0.4 is 9.80 Å². The lowest BCUT2D eigenvalue weighted by Gasteiger charge is -2.37. The largest absolute Gasteiger partial charge is 0.466 e. The Labute approximate surface area is 231 Å². The average molecular weight is 542 g/mol. The molecule has 5 atom stereocenters. The number of aliphatic hydroxyl groups is 1. The first-order valence-electron chi connectivity index (χ1n) is 14.4. The van der Waals surface area contributed by atoms with Crippen LogP contribution in [0.3, 0.4) is 0 Å². The van der Waals surface area contributed by atoms with Gasteiger partial charge in [0, 0.05) is 44.2 Å². The molecule has 3 aliphatic rings. The summed E-state index contributed by atoms with van der Waals surface area (Å²) in [5.41, 5.74) is 0.733. The summed E-state index contributed by atoms with van der Waals surface area (Å²) in [6.45, 7) is 12.5. The number of ether oxygens (including phenoxy) is 2. The minimum absolute atomic E-state index is 0.0786. The van der Waals surface area contributed by atoms with Gasteiger partial charge in [0.15, 0.2) is 0 Å². The van der Waals surface area contributed by atoms with Crippen LogP contribution in [0.1, 0.15) is 52.9 Å². The Morgan fingerprint density at radius 1 is 1.15 bits per heavy atom. The summed E-state index contributed by atoms with van der Waals surface area (Å²) in [4.78, 5) is 47.0. The molecular weight excluding hydrogens is 498 g/mol. The molecule has 214 valence electrons. The van der Waals surface area contributed by atoms with Gasteiger partial charge in [-0.2, -0.15) is 0 Å². The van der Waals surface area contributed by atoms with Crippen molar-refractivity contribution in [2.75, 3.05) is 49.2 Å². The smallest absolute Gasteiger partial charge is 0.312 e. The van der Waals surface area contributed by atoms with E-state index in [1.165, 1.54) is 0 Å². The summed E-state index contributed by atoms with van der Waals surface area (Å²) in [6.07, 6.45) is 4.40. The van der Waals surface area contributed by atoms with E-state index in [-0.39, 0.29) is 31.6 Å². The Hall–Kier alpha value is -2.91. The van der Waals surface area contributed by atoms with Crippen LogP contribution in [-0.4, -0.2) is 84.9 Å². The maximum absolute atomic E-state index is 14.5. The van der Waals surface area contributed by atoms with Crippen LogP contribution in [0.25, 0.3) is 0 Å². The Kier molecular flexibility index (Phi) is 9.33. The van der Waals surface area contributed by atoms with Crippen molar-refractivity contribution in [1.29, 1.82) is 0 Å². The number of rotatable bonds is 14. The van der Waals surface area contributed by atoms with Gasteiger partial charge < -0.3 is 29.3 Å². The molecule has 3 aliphatic heterocycles. The summed E-state index contributed by atoms with van der Waals surface area (Å²) >= 11 is 0. The molecule has 9 nitrogen and oxygen atoms in total. The number of likely N-dealkylation sites (tertiary alicyclic amines) is 1. The Morgan fingerprint density at radius 3 is 2.46 bits per heavy atom. The number of carbonyl (C=O) groups excluding carboxylic acids is 3. The third-order valence-corrected chi connectivity index (χ3v) is 8.52. The predicted molar refractivity (Wildman–Crippen MR) is 149 cm³/mol. The molecule has 2 unspecified atom stereocenters. The fraction of sp³-hybridized carbons (Fsp3) is 0.633. The van der Waals surface area contributed by atoms with Crippen LogP contribution in [0.5, 0.6) is 0 Å². The molecule has 1 aromatic carbocycles. The molecule has 4 rings (SSSR count). The lowest BCUT2D eigenvalue weighted by Crippen LogP contribution is -2.56. The maximum Gasteiger partial charge on any atom is 0.312 e. The quantitative estimate of drug-likeness (QED) is 0.219. The number of benzene rings is 1. The summed E-state index contributed by atoms with van der Waals surface area (Å²) in [5.74, 6) is -2.31. The number of hydrogen-bond acceptors (Lipinski definition) is 7. The van der Waals surface area contributed by atoms with E-state index in [0.29, 0.717) is 32.2 Å². The first kappa shape index (κ1) is 29.1. The van der Waals surface area contributed by atoms with Crippen LogP contribution in [0.15, 0.2) is 36.9 Å². The molecule has 2 amide bonds. The van der Waals surface area contributed by atoms with Crippen LogP contribution >= 0.6 is 0 Å². The number of anilines is 2. The van der Waals surface area contributed by atoms with Crippen molar-refractivity contribution in [2.45, 2.75) is 70.6 Å². The van der Waals surface area contributed by atoms with Gasteiger partial charge in [-0.25, -0.2) is 0 Å². The predicted octanol–water partition coefficient (Wildman–Crippen LogP) is 3.15. The molecule has 39 heavy (non-hydrogen) atoms. The second-order valence-corrected chi connectivity index (χ2v) is 10.6. The van der Waals surface area contributed by atoms with E-state index in [2.05, 4.69) is 25.3 Å². The molecule has 0 saturated carbocycles. The van der Waals surface area contributed by atoms with Gasteiger partial charge >= 0.3 is 5.97 Å². The van der Waals surface area contributed by atoms with Crippen LogP contribution in [0.2, 0.25) is 0 Å². The number of amides is 2. The number of nitrogens with zero attached hydrogens (tertiary/aromatic N) is 3. The topological polar surface area (TPSA) is 99.6 Å². The summed E-state index contributed by atoms with van der Waals surface area (Å²) < 4.78 is 11.8. The second kappa shape index (κ2) is 12.5. The van der Waals surface area contributed by atoms with Crippen LogP contribution in [0, 0.1) is 11.8 Å². The van der Waals surface area contributed by atoms with Gasteiger partial charge in [0.25, 0.3) is 5.91 Å². The zero-order valence-electron chi connectivity index (χ0n) is 23.5. The molecule has 3 saturated heterocycles. The molecule has 1 aromatic rings. The van der Waals surface area contributed by atoms with E-state index >= 15 is 0 Å². The number of carbonyl (C=O) groups is 3. The molecule has 2 bridgehead atoms. The third-order valence-electron chi connectivity index (χ3n) is 8.52. The molecule has 0 aliphatic carbocycles. The molecule has 3 heterocycles. The van der Waals surface area contributed by atoms with Gasteiger partial charge in [-0.15, -0.1) is 6.58 Å². The molecule has 3 fully saturated rings. The van der Waals surface area contributed by atoms with Gasteiger partial charge in [-0.3, -0.25) is 14.4 Å². The number of hydrogen-bond donors (Lipinski definition) is 1. The van der Waals surface area contributed by atoms with E-state index in [4.69, 9.17) is 9.47 Å². The molecule has 0 aromatic heterocycles. The highest BCUT2D eigenvalue weighted by atomic mass is 16.6. The zero-order chi connectivity index (χ0) is 28.2. The van der Waals surface area contributed by atoms with Gasteiger partial charge in [0.2, 0.25) is 5.91 Å². The molecular formula is C30H43N3O6. The van der Waals surface area contributed by atoms with Gasteiger partial charge in [0.1, 0.15) is 11.6 Å². The molecule has 0 radical (unpaired) electrons. The Balaban J connectivity index is 1.69. The lowest BCUT2D eigenvalue weighted by atomic mass is 9.70. The third kappa shape index (κ3) is 5.18. The first-order valence-corrected chi connectivity index (χ1v) is 14.4. The lowest BCUT2D eigenvalue weighted by molar-refractivity contribution is -0.154. The minimum Gasteiger partial charge on any atom is -0.466 e. The van der Waals surface area contributed by atoms with E-state index in [9.17, 15) is 19.5 Å². The normalized spacial score (nSPS) is 27.0. The van der Waals surface area contributed by atoms with Gasteiger partial charge in [0.05, 0.1) is 24.5 Å². The minimum atomic E-state index is -1.06. The molecule has 1 spiro atoms. The van der Waals surface area contributed by atoms with Crippen molar-refractivity contribution >= 4 is 29.2 Å². The maximum atomic E-state index is 14.5. The van der Waals surface area contributed by atoms with Crippen molar-refractivity contribution in [2.24, 2.45) is 11.8 Å². The van der Waals surface area contributed by atoms with Gasteiger partial charge in [-0.05, 0) is 77.1 Å². The highest BCUT2D eigenvalue weighted by Crippen LogP contribution is 2.59. The summed E-state index contributed by atoms with van der Waals surface area (Å²) in [5, 5.41) is 9.23. The molecule has 9 heteroatoms. The van der Waals surface area contributed by atoms with Crippen LogP contribution in [-0.2, 0) is 23.9 Å². The monoisotopic (exact) mass is 541 g/mol. The van der Waals surface area contributed by atoms with E-state index < -0.39 is 35.6 Å².